The van der Waals surface area contributed by atoms with Crippen molar-refractivity contribution in [1.82, 2.24) is 0 Å². The molecule has 6 heteroatoms. The number of para-hydroxylation sites is 2. The van der Waals surface area contributed by atoms with E-state index in [1.165, 1.54) is 12.1 Å². The normalized spacial score (nSPS) is 11.7. The number of rotatable bonds is 6. The molecule has 1 aromatic rings. The summed E-state index contributed by atoms with van der Waals surface area (Å²) < 4.78 is 5.12. The minimum atomic E-state index is -0.669. The first-order chi connectivity index (χ1) is 9.04. The number of carbonyl (C=O) groups is 1. The number of benzene rings is 1. The molecule has 6 nitrogen and oxygen atoms in total. The topological polar surface area (TPSA) is 81.5 Å². The molecule has 1 atom stereocenters. The summed E-state index contributed by atoms with van der Waals surface area (Å²) >= 11 is 0. The summed E-state index contributed by atoms with van der Waals surface area (Å²) in [5.41, 5.74) is -0.0131. The average Bonchev–Trinajstić information content (AvgIpc) is 2.36. The number of unbranched alkanes of at least 4 members (excludes halogenated alkanes) is 1. The summed E-state index contributed by atoms with van der Waals surface area (Å²) in [7, 11) is 0. The number of ether oxygens (including phenoxy) is 1. The van der Waals surface area contributed by atoms with Crippen LogP contribution < -0.4 is 5.32 Å². The van der Waals surface area contributed by atoms with Crippen LogP contribution in [0.25, 0.3) is 0 Å². The third kappa shape index (κ3) is 4.95. The Labute approximate surface area is 111 Å². The minimum absolute atomic E-state index is 0.139. The summed E-state index contributed by atoms with van der Waals surface area (Å²) in [4.78, 5) is 21.8. The van der Waals surface area contributed by atoms with Gasteiger partial charge in [-0.1, -0.05) is 31.9 Å². The van der Waals surface area contributed by atoms with Gasteiger partial charge in [-0.05, 0) is 19.4 Å². The number of nitro benzene ring substituents is 1. The third-order valence-corrected chi connectivity index (χ3v) is 2.61. The summed E-state index contributed by atoms with van der Waals surface area (Å²) in [6.07, 6.45) is 1.90. The summed E-state index contributed by atoms with van der Waals surface area (Å²) in [5, 5.41) is 13.2. The Bertz CT molecular complexity index is 448. The highest BCUT2D eigenvalue weighted by Crippen LogP contribution is 2.23. The lowest BCUT2D eigenvalue weighted by molar-refractivity contribution is -0.383. The van der Waals surface area contributed by atoms with Crippen LogP contribution in [0.2, 0.25) is 0 Å². The Hall–Kier alpha value is -2.11. The smallest absolute Gasteiger partial charge is 0.412 e. The highest BCUT2D eigenvalue weighted by Gasteiger charge is 2.16. The van der Waals surface area contributed by atoms with Crippen LogP contribution in [-0.4, -0.2) is 17.1 Å². The molecule has 0 aliphatic carbocycles. The van der Waals surface area contributed by atoms with Crippen molar-refractivity contribution < 1.29 is 14.5 Å². The van der Waals surface area contributed by atoms with Gasteiger partial charge in [0.05, 0.1) is 4.92 Å². The van der Waals surface area contributed by atoms with Crippen LogP contribution in [0.3, 0.4) is 0 Å². The molecule has 0 aliphatic rings. The Balaban J connectivity index is 2.60. The molecular formula is C13H18N2O4. The van der Waals surface area contributed by atoms with Crippen LogP contribution in [-0.2, 0) is 4.74 Å². The fourth-order valence-electron chi connectivity index (χ4n) is 1.61. The molecule has 1 N–H and O–H groups in total. The van der Waals surface area contributed by atoms with Crippen molar-refractivity contribution in [3.8, 4) is 0 Å². The van der Waals surface area contributed by atoms with Crippen molar-refractivity contribution in [2.45, 2.75) is 39.2 Å². The minimum Gasteiger partial charge on any atom is -0.446 e. The van der Waals surface area contributed by atoms with Gasteiger partial charge in [0.1, 0.15) is 11.8 Å². The second-order valence-corrected chi connectivity index (χ2v) is 4.26. The fraction of sp³-hybridized carbons (Fsp3) is 0.462. The van der Waals surface area contributed by atoms with Crippen LogP contribution in [0, 0.1) is 10.1 Å². The van der Waals surface area contributed by atoms with Crippen molar-refractivity contribution in [2.75, 3.05) is 5.32 Å². The number of hydrogen-bond acceptors (Lipinski definition) is 4. The zero-order valence-electron chi connectivity index (χ0n) is 11.1. The van der Waals surface area contributed by atoms with E-state index in [-0.39, 0.29) is 17.5 Å². The lowest BCUT2D eigenvalue weighted by Crippen LogP contribution is -2.20. The lowest BCUT2D eigenvalue weighted by atomic mass is 10.2. The van der Waals surface area contributed by atoms with E-state index >= 15 is 0 Å². The molecule has 0 saturated heterocycles. The van der Waals surface area contributed by atoms with Crippen LogP contribution in [0.4, 0.5) is 16.2 Å². The van der Waals surface area contributed by atoms with Gasteiger partial charge in [-0.15, -0.1) is 0 Å². The zero-order valence-corrected chi connectivity index (χ0v) is 11.1. The molecule has 1 aromatic carbocycles. The number of nitrogens with zero attached hydrogens (tertiary/aromatic N) is 1. The second-order valence-electron chi connectivity index (χ2n) is 4.26. The summed E-state index contributed by atoms with van der Waals surface area (Å²) in [6, 6.07) is 5.95. The molecule has 0 heterocycles. The number of anilines is 1. The second kappa shape index (κ2) is 7.35. The first-order valence-electron chi connectivity index (χ1n) is 6.25. The van der Waals surface area contributed by atoms with Crippen LogP contribution in [0.1, 0.15) is 33.1 Å². The molecule has 1 amide bonds. The van der Waals surface area contributed by atoms with E-state index in [0.717, 1.165) is 19.3 Å². The molecule has 0 aliphatic heterocycles. The first kappa shape index (κ1) is 14.9. The van der Waals surface area contributed by atoms with Gasteiger partial charge in [-0.3, -0.25) is 15.4 Å². The predicted molar refractivity (Wildman–Crippen MR) is 72.2 cm³/mol. The van der Waals surface area contributed by atoms with Gasteiger partial charge in [0.15, 0.2) is 0 Å². The van der Waals surface area contributed by atoms with E-state index in [4.69, 9.17) is 4.74 Å². The molecule has 0 aromatic heterocycles. The SMILES string of the molecule is CCCCC(C)OC(=O)Nc1ccccc1[N+](=O)[O-]. The van der Waals surface area contributed by atoms with Gasteiger partial charge in [0, 0.05) is 6.07 Å². The van der Waals surface area contributed by atoms with Crippen molar-refractivity contribution in [1.29, 1.82) is 0 Å². The maximum absolute atomic E-state index is 11.6. The molecule has 19 heavy (non-hydrogen) atoms. The van der Waals surface area contributed by atoms with Gasteiger partial charge in [-0.2, -0.15) is 0 Å². The van der Waals surface area contributed by atoms with E-state index in [9.17, 15) is 14.9 Å². The molecule has 0 radical (unpaired) electrons. The molecular weight excluding hydrogens is 248 g/mol. The van der Waals surface area contributed by atoms with Crippen LogP contribution in [0.15, 0.2) is 24.3 Å². The molecule has 1 unspecified atom stereocenters. The average molecular weight is 266 g/mol. The summed E-state index contributed by atoms with van der Waals surface area (Å²) in [5.74, 6) is 0. The van der Waals surface area contributed by atoms with E-state index in [1.807, 2.05) is 0 Å². The zero-order chi connectivity index (χ0) is 14.3. The maximum atomic E-state index is 11.6. The molecule has 0 fully saturated rings. The highest BCUT2D eigenvalue weighted by molar-refractivity contribution is 5.87. The van der Waals surface area contributed by atoms with Crippen molar-refractivity contribution >= 4 is 17.5 Å². The third-order valence-electron chi connectivity index (χ3n) is 2.61. The Morgan fingerprint density at radius 1 is 1.47 bits per heavy atom. The Morgan fingerprint density at radius 2 is 2.16 bits per heavy atom. The largest absolute Gasteiger partial charge is 0.446 e. The predicted octanol–water partition coefficient (Wildman–Crippen LogP) is 3.72. The lowest BCUT2D eigenvalue weighted by Gasteiger charge is -2.13. The van der Waals surface area contributed by atoms with Crippen molar-refractivity contribution in [2.24, 2.45) is 0 Å². The van der Waals surface area contributed by atoms with Crippen molar-refractivity contribution in [3.05, 3.63) is 34.4 Å². The fourth-order valence-corrected chi connectivity index (χ4v) is 1.61. The number of nitro groups is 1. The molecule has 0 spiro atoms. The highest BCUT2D eigenvalue weighted by atomic mass is 16.6. The van der Waals surface area contributed by atoms with Crippen molar-refractivity contribution in [3.63, 3.8) is 0 Å². The first-order valence-corrected chi connectivity index (χ1v) is 6.25. The number of amides is 1. The van der Waals surface area contributed by atoms with Gasteiger partial charge in [-0.25, -0.2) is 4.79 Å². The summed E-state index contributed by atoms with van der Waals surface area (Å²) in [6.45, 7) is 3.86. The van der Waals surface area contributed by atoms with Gasteiger partial charge in [0.25, 0.3) is 5.69 Å². The van der Waals surface area contributed by atoms with E-state index in [2.05, 4.69) is 12.2 Å². The van der Waals surface area contributed by atoms with E-state index < -0.39 is 11.0 Å². The Morgan fingerprint density at radius 3 is 2.79 bits per heavy atom. The Kier molecular flexibility index (Phi) is 5.78. The molecule has 0 bridgehead atoms. The molecule has 0 saturated carbocycles. The van der Waals surface area contributed by atoms with Crippen LogP contribution >= 0.6 is 0 Å². The standard InChI is InChI=1S/C13H18N2O4/c1-3-4-7-10(2)19-13(16)14-11-8-5-6-9-12(11)15(17)18/h5-6,8-10H,3-4,7H2,1-2H3,(H,14,16). The maximum Gasteiger partial charge on any atom is 0.412 e. The number of carbonyl (C=O) groups excluding carboxylic acids is 1. The quantitative estimate of drug-likeness (QED) is 0.628. The monoisotopic (exact) mass is 266 g/mol. The van der Waals surface area contributed by atoms with Gasteiger partial charge in [0.2, 0.25) is 0 Å². The number of nitrogens with one attached hydrogen (secondary N) is 1. The molecule has 104 valence electrons. The molecule has 1 rings (SSSR count). The van der Waals surface area contributed by atoms with E-state index in [1.54, 1.807) is 19.1 Å². The number of hydrogen-bond donors (Lipinski definition) is 1. The van der Waals surface area contributed by atoms with Gasteiger partial charge < -0.3 is 4.74 Å². The van der Waals surface area contributed by atoms with Gasteiger partial charge >= 0.3 is 6.09 Å². The van der Waals surface area contributed by atoms with Crippen LogP contribution in [0.5, 0.6) is 0 Å². The van der Waals surface area contributed by atoms with E-state index in [0.29, 0.717) is 0 Å².